The summed E-state index contributed by atoms with van der Waals surface area (Å²) in [4.78, 5) is 3.93. The van der Waals surface area contributed by atoms with E-state index in [0.717, 1.165) is 6.07 Å². The van der Waals surface area contributed by atoms with Gasteiger partial charge in [0.25, 0.3) is 0 Å². The zero-order valence-electron chi connectivity index (χ0n) is 8.84. The van der Waals surface area contributed by atoms with Crippen molar-refractivity contribution in [1.29, 1.82) is 0 Å². The van der Waals surface area contributed by atoms with E-state index in [1.165, 1.54) is 11.8 Å². The largest absolute Gasteiger partial charge is 0.396 e. The monoisotopic (exact) mass is 261 g/mol. The molecule has 2 nitrogen and oxygen atoms in total. The molecular weight excluding hydrogens is 251 g/mol. The van der Waals surface area contributed by atoms with Gasteiger partial charge in [-0.05, 0) is 18.1 Å². The van der Waals surface area contributed by atoms with Crippen molar-refractivity contribution in [2.24, 2.45) is 4.99 Å². The molecule has 1 aromatic carbocycles. The van der Waals surface area contributed by atoms with E-state index in [0.29, 0.717) is 12.3 Å². The van der Waals surface area contributed by atoms with E-state index in [-0.39, 0.29) is 23.6 Å². The lowest BCUT2D eigenvalue weighted by molar-refractivity contribution is 0.296. The fraction of sp³-hybridized carbons (Fsp3) is 0.364. The number of thioether (sulfide) groups is 1. The zero-order valence-corrected chi connectivity index (χ0v) is 9.66. The molecule has 0 aliphatic carbocycles. The lowest BCUT2D eigenvalue weighted by atomic mass is 10.1. The molecule has 0 fully saturated rings. The molecule has 0 saturated carbocycles. The summed E-state index contributed by atoms with van der Waals surface area (Å²) < 4.78 is 41.0. The van der Waals surface area contributed by atoms with Gasteiger partial charge in [0.2, 0.25) is 0 Å². The first-order chi connectivity index (χ1) is 8.15. The zero-order chi connectivity index (χ0) is 12.4. The van der Waals surface area contributed by atoms with Crippen LogP contribution in [0.4, 0.5) is 13.2 Å². The van der Waals surface area contributed by atoms with Gasteiger partial charge in [-0.1, -0.05) is 0 Å². The van der Waals surface area contributed by atoms with Crippen molar-refractivity contribution in [2.45, 2.75) is 6.42 Å². The molecule has 1 heterocycles. The summed E-state index contributed by atoms with van der Waals surface area (Å²) in [7, 11) is 0. The highest BCUT2D eigenvalue weighted by Crippen LogP contribution is 2.27. The van der Waals surface area contributed by atoms with Gasteiger partial charge in [0.05, 0.1) is 5.56 Å². The van der Waals surface area contributed by atoms with Gasteiger partial charge in [-0.25, -0.2) is 13.2 Å². The van der Waals surface area contributed by atoms with Crippen molar-refractivity contribution in [3.8, 4) is 0 Å². The maximum Gasteiger partial charge on any atom is 0.171 e. The second kappa shape index (κ2) is 5.10. The van der Waals surface area contributed by atoms with E-state index in [9.17, 15) is 13.2 Å². The van der Waals surface area contributed by atoms with Gasteiger partial charge >= 0.3 is 0 Å². The first-order valence-electron chi connectivity index (χ1n) is 5.10. The van der Waals surface area contributed by atoms with Gasteiger partial charge in [-0.15, -0.1) is 11.8 Å². The number of hydrogen-bond acceptors (Lipinski definition) is 3. The van der Waals surface area contributed by atoms with Crippen LogP contribution in [0.25, 0.3) is 0 Å². The molecule has 1 aliphatic heterocycles. The minimum absolute atomic E-state index is 0.112. The topological polar surface area (TPSA) is 32.6 Å². The number of aliphatic imine (C=N–C) groups is 1. The van der Waals surface area contributed by atoms with Crippen LogP contribution in [0.5, 0.6) is 0 Å². The third kappa shape index (κ3) is 2.32. The van der Waals surface area contributed by atoms with Crippen LogP contribution in [-0.2, 0) is 6.42 Å². The number of halogens is 3. The Morgan fingerprint density at radius 2 is 2.06 bits per heavy atom. The van der Waals surface area contributed by atoms with Crippen molar-refractivity contribution in [1.82, 2.24) is 0 Å². The summed E-state index contributed by atoms with van der Waals surface area (Å²) >= 11 is 1.21. The second-order valence-electron chi connectivity index (χ2n) is 3.53. The predicted octanol–water partition coefficient (Wildman–Crippen LogP) is 2.13. The Balaban J connectivity index is 2.50. The minimum atomic E-state index is -1.22. The van der Waals surface area contributed by atoms with E-state index < -0.39 is 23.0 Å². The second-order valence-corrected chi connectivity index (χ2v) is 4.61. The lowest BCUT2D eigenvalue weighted by Gasteiger charge is -2.08. The van der Waals surface area contributed by atoms with Crippen molar-refractivity contribution in [3.05, 3.63) is 34.6 Å². The van der Waals surface area contributed by atoms with Crippen molar-refractivity contribution in [2.75, 3.05) is 18.9 Å². The molecule has 0 atom stereocenters. The van der Waals surface area contributed by atoms with Crippen LogP contribution in [-0.4, -0.2) is 29.1 Å². The van der Waals surface area contributed by atoms with Crippen LogP contribution in [0, 0.1) is 17.5 Å². The SMILES string of the molecule is OCCc1cc(F)c(C2=NCCS2)c(F)c1F. The van der Waals surface area contributed by atoms with E-state index in [2.05, 4.69) is 4.99 Å². The molecule has 0 aromatic heterocycles. The molecule has 0 amide bonds. The Morgan fingerprint density at radius 3 is 2.65 bits per heavy atom. The smallest absolute Gasteiger partial charge is 0.171 e. The maximum atomic E-state index is 13.7. The molecule has 0 unspecified atom stereocenters. The third-order valence-electron chi connectivity index (χ3n) is 2.41. The predicted molar refractivity (Wildman–Crippen MR) is 61.0 cm³/mol. The molecule has 0 spiro atoms. The standard InChI is InChI=1S/C11H10F3NOS/c12-7-5-6(1-3-16)9(13)10(14)8(7)11-15-2-4-17-11/h5,16H,1-4H2. The Morgan fingerprint density at radius 1 is 1.29 bits per heavy atom. The average Bonchev–Trinajstić information content (AvgIpc) is 2.79. The first-order valence-corrected chi connectivity index (χ1v) is 6.08. The molecule has 17 heavy (non-hydrogen) atoms. The van der Waals surface area contributed by atoms with Gasteiger partial charge in [0.15, 0.2) is 11.6 Å². The summed E-state index contributed by atoms with van der Waals surface area (Å²) in [6.45, 7) is 0.129. The number of aliphatic hydroxyl groups is 1. The quantitative estimate of drug-likeness (QED) is 0.845. The maximum absolute atomic E-state index is 13.7. The summed E-state index contributed by atoms with van der Waals surface area (Å²) in [6.07, 6.45) is -0.112. The number of rotatable bonds is 3. The highest BCUT2D eigenvalue weighted by Gasteiger charge is 2.24. The molecule has 1 N–H and O–H groups in total. The average molecular weight is 261 g/mol. The number of aliphatic hydroxyl groups excluding tert-OH is 1. The summed E-state index contributed by atoms with van der Waals surface area (Å²) in [6, 6.07) is 0.922. The van der Waals surface area contributed by atoms with Gasteiger partial charge in [-0.2, -0.15) is 0 Å². The van der Waals surface area contributed by atoms with E-state index in [1.54, 1.807) is 0 Å². The summed E-state index contributed by atoms with van der Waals surface area (Å²) in [5.74, 6) is -2.51. The molecule has 1 aliphatic rings. The molecule has 92 valence electrons. The van der Waals surface area contributed by atoms with Crippen LogP contribution in [0.2, 0.25) is 0 Å². The Labute approximate surface area is 101 Å². The van der Waals surface area contributed by atoms with Crippen LogP contribution in [0.1, 0.15) is 11.1 Å². The summed E-state index contributed by atoms with van der Waals surface area (Å²) in [5, 5.41) is 8.87. The molecular formula is C11H10F3NOS. The minimum Gasteiger partial charge on any atom is -0.396 e. The number of benzene rings is 1. The lowest BCUT2D eigenvalue weighted by Crippen LogP contribution is -2.08. The highest BCUT2D eigenvalue weighted by atomic mass is 32.2. The molecule has 1 aromatic rings. The Kier molecular flexibility index (Phi) is 3.73. The fourth-order valence-corrected chi connectivity index (χ4v) is 2.52. The van der Waals surface area contributed by atoms with Crippen molar-refractivity contribution >= 4 is 16.8 Å². The summed E-state index contributed by atoms with van der Waals surface area (Å²) in [5.41, 5.74) is -0.554. The molecule has 0 saturated heterocycles. The van der Waals surface area contributed by atoms with Gasteiger partial charge in [0.1, 0.15) is 10.9 Å². The van der Waals surface area contributed by atoms with Crippen molar-refractivity contribution in [3.63, 3.8) is 0 Å². The van der Waals surface area contributed by atoms with Crippen LogP contribution >= 0.6 is 11.8 Å². The molecule has 0 bridgehead atoms. The number of nitrogens with zero attached hydrogens (tertiary/aromatic N) is 1. The van der Waals surface area contributed by atoms with E-state index in [1.807, 2.05) is 0 Å². The van der Waals surface area contributed by atoms with Crippen LogP contribution in [0.15, 0.2) is 11.1 Å². The van der Waals surface area contributed by atoms with Gasteiger partial charge in [0, 0.05) is 18.9 Å². The van der Waals surface area contributed by atoms with E-state index >= 15 is 0 Å². The van der Waals surface area contributed by atoms with Gasteiger partial charge in [-0.3, -0.25) is 4.99 Å². The van der Waals surface area contributed by atoms with Crippen LogP contribution < -0.4 is 0 Å². The fourth-order valence-electron chi connectivity index (χ4n) is 1.63. The molecule has 6 heteroatoms. The highest BCUT2D eigenvalue weighted by molar-refractivity contribution is 8.14. The molecule has 2 rings (SSSR count). The van der Waals surface area contributed by atoms with Crippen molar-refractivity contribution < 1.29 is 18.3 Å². The first kappa shape index (κ1) is 12.4. The normalized spacial score (nSPS) is 15.2. The van der Waals surface area contributed by atoms with Crippen LogP contribution in [0.3, 0.4) is 0 Å². The Hall–Kier alpha value is -1.01. The Bertz CT molecular complexity index is 476. The number of hydrogen-bond donors (Lipinski definition) is 1. The molecule has 0 radical (unpaired) electrons. The third-order valence-corrected chi connectivity index (χ3v) is 3.41. The van der Waals surface area contributed by atoms with Gasteiger partial charge < -0.3 is 5.11 Å². The van der Waals surface area contributed by atoms with E-state index in [4.69, 9.17) is 5.11 Å².